The zero-order chi connectivity index (χ0) is 25.8. The summed E-state index contributed by atoms with van der Waals surface area (Å²) in [5, 5.41) is 2.38. The standard InChI is InChI=1S/C26H26BrN3O5S/c1-16-11-20(27)21(12-17(16)2)28-23(31)15-35-19-7-5-18(6-8-19)13-22-25(33)30(26(34)36-22)14-24(32)29-9-3-4-10-29/h5-8,11-13H,3-4,9-10,14-15H2,1-2H3,(H,28,31)/b22-13+. The summed E-state index contributed by atoms with van der Waals surface area (Å²) in [6.45, 7) is 4.93. The lowest BCUT2D eigenvalue weighted by Gasteiger charge is -2.18. The lowest BCUT2D eigenvalue weighted by molar-refractivity contribution is -0.135. The van der Waals surface area contributed by atoms with Gasteiger partial charge in [-0.05, 0) is 101 Å². The molecule has 0 spiro atoms. The van der Waals surface area contributed by atoms with E-state index in [1.54, 1.807) is 35.2 Å². The largest absolute Gasteiger partial charge is 0.484 e. The fourth-order valence-electron chi connectivity index (χ4n) is 3.86. The fourth-order valence-corrected chi connectivity index (χ4v) is 5.26. The first-order valence-electron chi connectivity index (χ1n) is 11.5. The van der Waals surface area contributed by atoms with Crippen LogP contribution < -0.4 is 10.1 Å². The normalized spacial score (nSPS) is 16.7. The Labute approximate surface area is 222 Å². The summed E-state index contributed by atoms with van der Waals surface area (Å²) in [5.74, 6) is -0.468. The van der Waals surface area contributed by atoms with Crippen molar-refractivity contribution in [3.05, 3.63) is 62.5 Å². The molecule has 2 fully saturated rings. The molecule has 2 aliphatic rings. The molecule has 4 rings (SSSR count). The number of anilines is 1. The van der Waals surface area contributed by atoms with E-state index in [9.17, 15) is 19.2 Å². The van der Waals surface area contributed by atoms with Gasteiger partial charge in [0.1, 0.15) is 12.3 Å². The van der Waals surface area contributed by atoms with E-state index in [1.807, 2.05) is 26.0 Å². The Balaban J connectivity index is 1.32. The van der Waals surface area contributed by atoms with Gasteiger partial charge in [0.25, 0.3) is 17.1 Å². The summed E-state index contributed by atoms with van der Waals surface area (Å²) < 4.78 is 6.38. The van der Waals surface area contributed by atoms with Crippen LogP contribution in [0.3, 0.4) is 0 Å². The molecule has 8 nitrogen and oxygen atoms in total. The van der Waals surface area contributed by atoms with E-state index in [-0.39, 0.29) is 29.9 Å². The predicted octanol–water partition coefficient (Wildman–Crippen LogP) is 4.74. The van der Waals surface area contributed by atoms with Gasteiger partial charge in [-0.15, -0.1) is 0 Å². The van der Waals surface area contributed by atoms with E-state index in [2.05, 4.69) is 21.2 Å². The van der Waals surface area contributed by atoms with Gasteiger partial charge < -0.3 is 15.0 Å². The Hall–Kier alpha value is -3.11. The van der Waals surface area contributed by atoms with Crippen LogP contribution >= 0.6 is 27.7 Å². The molecule has 0 aliphatic carbocycles. The first-order chi connectivity index (χ1) is 17.2. The average molecular weight is 572 g/mol. The maximum absolute atomic E-state index is 12.7. The van der Waals surface area contributed by atoms with Gasteiger partial charge in [0.2, 0.25) is 5.91 Å². The third-order valence-electron chi connectivity index (χ3n) is 6.03. The first kappa shape index (κ1) is 26.0. The van der Waals surface area contributed by atoms with Crippen LogP contribution in [0.4, 0.5) is 10.5 Å². The minimum atomic E-state index is -0.466. The van der Waals surface area contributed by atoms with Crippen molar-refractivity contribution in [2.24, 2.45) is 0 Å². The molecular formula is C26H26BrN3O5S. The Bertz CT molecular complexity index is 1240. The lowest BCUT2D eigenvalue weighted by atomic mass is 10.1. The molecule has 0 atom stereocenters. The predicted molar refractivity (Wildman–Crippen MR) is 143 cm³/mol. The van der Waals surface area contributed by atoms with Crippen LogP contribution in [0.2, 0.25) is 0 Å². The van der Waals surface area contributed by atoms with Crippen molar-refractivity contribution in [1.29, 1.82) is 0 Å². The highest BCUT2D eigenvalue weighted by Gasteiger charge is 2.37. The SMILES string of the molecule is Cc1cc(Br)c(NC(=O)COc2ccc(/C=C3/SC(=O)N(CC(=O)N4CCCC4)C3=O)cc2)cc1C. The van der Waals surface area contributed by atoms with Gasteiger partial charge in [-0.3, -0.25) is 24.1 Å². The summed E-state index contributed by atoms with van der Waals surface area (Å²) in [5.41, 5.74) is 3.57. The van der Waals surface area contributed by atoms with Crippen molar-refractivity contribution >= 4 is 62.4 Å². The maximum Gasteiger partial charge on any atom is 0.294 e. The number of benzene rings is 2. The van der Waals surface area contributed by atoms with Gasteiger partial charge in [-0.1, -0.05) is 12.1 Å². The number of halogens is 1. The third kappa shape index (κ3) is 6.17. The van der Waals surface area contributed by atoms with Crippen molar-refractivity contribution in [3.8, 4) is 5.75 Å². The van der Waals surface area contributed by atoms with Crippen LogP contribution in [0, 0.1) is 13.8 Å². The van der Waals surface area contributed by atoms with E-state index < -0.39 is 11.1 Å². The van der Waals surface area contributed by atoms with Crippen LogP contribution in [0.15, 0.2) is 45.8 Å². The molecule has 2 aromatic carbocycles. The molecule has 0 radical (unpaired) electrons. The van der Waals surface area contributed by atoms with E-state index in [0.29, 0.717) is 30.1 Å². The van der Waals surface area contributed by atoms with Crippen molar-refractivity contribution in [1.82, 2.24) is 9.80 Å². The second kappa shape index (κ2) is 11.3. The molecule has 2 aliphatic heterocycles. The highest BCUT2D eigenvalue weighted by molar-refractivity contribution is 9.10. The number of hydrogen-bond donors (Lipinski definition) is 1. The zero-order valence-electron chi connectivity index (χ0n) is 20.0. The number of ether oxygens (including phenoxy) is 1. The van der Waals surface area contributed by atoms with Gasteiger partial charge in [0, 0.05) is 17.6 Å². The van der Waals surface area contributed by atoms with Crippen molar-refractivity contribution in [3.63, 3.8) is 0 Å². The van der Waals surface area contributed by atoms with Crippen molar-refractivity contribution in [2.75, 3.05) is 31.6 Å². The number of amides is 4. The summed E-state index contributed by atoms with van der Waals surface area (Å²) in [4.78, 5) is 52.7. The minimum Gasteiger partial charge on any atom is -0.484 e. The zero-order valence-corrected chi connectivity index (χ0v) is 22.4. The number of nitrogens with zero attached hydrogens (tertiary/aromatic N) is 2. The molecule has 188 valence electrons. The van der Waals surface area contributed by atoms with Crippen molar-refractivity contribution in [2.45, 2.75) is 26.7 Å². The van der Waals surface area contributed by atoms with Gasteiger partial charge in [-0.2, -0.15) is 0 Å². The lowest BCUT2D eigenvalue weighted by Crippen LogP contribution is -2.40. The molecule has 0 unspecified atom stereocenters. The summed E-state index contributed by atoms with van der Waals surface area (Å²) >= 11 is 4.28. The highest BCUT2D eigenvalue weighted by atomic mass is 79.9. The molecule has 0 saturated carbocycles. The van der Waals surface area contributed by atoms with Crippen molar-refractivity contribution < 1.29 is 23.9 Å². The number of aryl methyl sites for hydroxylation is 2. The number of thioether (sulfide) groups is 1. The van der Waals surface area contributed by atoms with Crippen LogP contribution in [0.25, 0.3) is 6.08 Å². The second-order valence-corrected chi connectivity index (χ2v) is 10.5. The van der Waals surface area contributed by atoms with Gasteiger partial charge >= 0.3 is 0 Å². The Morgan fingerprint density at radius 2 is 1.75 bits per heavy atom. The molecule has 0 aromatic heterocycles. The minimum absolute atomic E-state index is 0.164. The molecular weight excluding hydrogens is 546 g/mol. The summed E-state index contributed by atoms with van der Waals surface area (Å²) in [6.07, 6.45) is 3.50. The molecule has 1 N–H and O–H groups in total. The van der Waals surface area contributed by atoms with Gasteiger partial charge in [0.05, 0.1) is 10.6 Å². The van der Waals surface area contributed by atoms with Gasteiger partial charge in [-0.25, -0.2) is 0 Å². The second-order valence-electron chi connectivity index (χ2n) is 8.68. The Morgan fingerprint density at radius 3 is 2.44 bits per heavy atom. The molecule has 2 aromatic rings. The van der Waals surface area contributed by atoms with Crippen LogP contribution in [0.5, 0.6) is 5.75 Å². The maximum atomic E-state index is 12.7. The smallest absolute Gasteiger partial charge is 0.294 e. The Kier molecular flexibility index (Phi) is 8.15. The molecule has 0 bridgehead atoms. The monoisotopic (exact) mass is 571 g/mol. The number of imide groups is 1. The summed E-state index contributed by atoms with van der Waals surface area (Å²) in [6, 6.07) is 10.7. The van der Waals surface area contributed by atoms with Gasteiger partial charge in [0.15, 0.2) is 6.61 Å². The van der Waals surface area contributed by atoms with Crippen LogP contribution in [-0.2, 0) is 14.4 Å². The number of carbonyl (C=O) groups excluding carboxylic acids is 4. The molecule has 2 heterocycles. The molecule has 4 amide bonds. The Morgan fingerprint density at radius 1 is 1.08 bits per heavy atom. The van der Waals surface area contributed by atoms with E-state index in [0.717, 1.165) is 45.1 Å². The quantitative estimate of drug-likeness (QED) is 0.482. The fraction of sp³-hybridized carbons (Fsp3) is 0.308. The number of hydrogen-bond acceptors (Lipinski definition) is 6. The van der Waals surface area contributed by atoms with Crippen LogP contribution in [0.1, 0.15) is 29.5 Å². The van der Waals surface area contributed by atoms with E-state index >= 15 is 0 Å². The van der Waals surface area contributed by atoms with E-state index in [4.69, 9.17) is 4.74 Å². The highest BCUT2D eigenvalue weighted by Crippen LogP contribution is 2.32. The molecule has 2 saturated heterocycles. The first-order valence-corrected chi connectivity index (χ1v) is 13.1. The average Bonchev–Trinajstić information content (AvgIpc) is 3.47. The van der Waals surface area contributed by atoms with E-state index in [1.165, 1.54) is 0 Å². The number of likely N-dealkylation sites (tertiary alicyclic amines) is 1. The van der Waals surface area contributed by atoms with Crippen LogP contribution in [-0.4, -0.2) is 59.0 Å². The number of rotatable bonds is 7. The molecule has 36 heavy (non-hydrogen) atoms. The number of carbonyl (C=O) groups is 4. The number of nitrogens with one attached hydrogen (secondary N) is 1. The summed E-state index contributed by atoms with van der Waals surface area (Å²) in [7, 11) is 0. The topological polar surface area (TPSA) is 96.0 Å². The molecule has 10 heteroatoms. The third-order valence-corrected chi connectivity index (χ3v) is 7.59.